The van der Waals surface area contributed by atoms with Gasteiger partial charge in [-0.3, -0.25) is 9.59 Å². The Hall–Kier alpha value is 0.508. The van der Waals surface area contributed by atoms with E-state index in [0.717, 1.165) is 0 Å². The number of alkyl halides is 2. The van der Waals surface area contributed by atoms with Crippen molar-refractivity contribution in [1.82, 2.24) is 0 Å². The van der Waals surface area contributed by atoms with Gasteiger partial charge in [0.05, 0.1) is 0 Å². The van der Waals surface area contributed by atoms with E-state index in [9.17, 15) is 9.59 Å². The van der Waals surface area contributed by atoms with E-state index in [-0.39, 0.29) is 31.7 Å². The van der Waals surface area contributed by atoms with E-state index in [1.54, 1.807) is 0 Å². The molecule has 0 aromatic rings. The maximum atomic E-state index is 9.32. The number of nitrogens with two attached hydrogens (primary N) is 2. The predicted molar refractivity (Wildman–Crippen MR) is 81.5 cm³/mol. The zero-order valence-corrected chi connectivity index (χ0v) is 17.0. The molecule has 0 aliphatic rings. The molecule has 122 valence electrons. The Balaban J connectivity index is -0.0000000453. The molecule has 0 heterocycles. The predicted octanol–water partition coefficient (Wildman–Crippen LogP) is 1.64. The molecule has 0 atom stereocenters. The van der Waals surface area contributed by atoms with Crippen LogP contribution in [0.4, 0.5) is 0 Å². The minimum Gasteiger partial charge on any atom is -0.481 e. The molecule has 0 saturated heterocycles. The molecular formula is C10H24Br2N2O4Pt. The Bertz CT molecular complexity index is 171. The van der Waals surface area contributed by atoms with Crippen LogP contribution in [0.2, 0.25) is 0 Å². The van der Waals surface area contributed by atoms with Crippen molar-refractivity contribution in [3.05, 3.63) is 0 Å². The minimum absolute atomic E-state index is 0. The Morgan fingerprint density at radius 3 is 0.947 bits per heavy atom. The van der Waals surface area contributed by atoms with Gasteiger partial charge >= 0.3 is 11.9 Å². The van der Waals surface area contributed by atoms with Crippen LogP contribution in [0.25, 0.3) is 0 Å². The van der Waals surface area contributed by atoms with Gasteiger partial charge in [-0.25, -0.2) is 0 Å². The molecule has 0 aromatic carbocycles. The number of carboxylic acids is 2. The van der Waals surface area contributed by atoms with Gasteiger partial charge in [0.1, 0.15) is 10.7 Å². The fourth-order valence-corrected chi connectivity index (χ4v) is 0. The first-order valence-corrected chi connectivity index (χ1v) is 7.32. The Morgan fingerprint density at radius 1 is 0.895 bits per heavy atom. The second-order valence-electron chi connectivity index (χ2n) is 3.54. The van der Waals surface area contributed by atoms with E-state index in [2.05, 4.69) is 31.9 Å². The van der Waals surface area contributed by atoms with E-state index in [4.69, 9.17) is 21.7 Å². The first-order valence-electron chi connectivity index (χ1n) is 5.07. The summed E-state index contributed by atoms with van der Waals surface area (Å²) >= 11 is 5.43. The first kappa shape index (κ1) is 31.7. The van der Waals surface area contributed by atoms with Crippen LogP contribution in [-0.2, 0) is 30.7 Å². The number of carbonyl (C=O) groups is 2. The third kappa shape index (κ3) is 248. The largest absolute Gasteiger partial charge is 0.481 e. The number of rotatable bonds is 2. The SMILES string of the molecule is CC(C)N.CC(C)N.O=C(O)CBr.O=C(O)CBr.[Pt]. The summed E-state index contributed by atoms with van der Waals surface area (Å²) in [4.78, 5) is 18.6. The molecule has 6 nitrogen and oxygen atoms in total. The maximum absolute atomic E-state index is 9.32. The second kappa shape index (κ2) is 27.0. The molecule has 0 unspecified atom stereocenters. The summed E-state index contributed by atoms with van der Waals surface area (Å²) in [6.45, 7) is 7.78. The molecule has 0 saturated carbocycles. The molecule has 0 aromatic heterocycles. The summed E-state index contributed by atoms with van der Waals surface area (Å²) in [5, 5.41) is 15.4. The van der Waals surface area contributed by atoms with Crippen molar-refractivity contribution >= 4 is 43.8 Å². The summed E-state index contributed by atoms with van der Waals surface area (Å²) in [5.41, 5.74) is 10.2. The van der Waals surface area contributed by atoms with Gasteiger partial charge in [0.25, 0.3) is 0 Å². The molecule has 0 aliphatic heterocycles. The van der Waals surface area contributed by atoms with Crippen LogP contribution < -0.4 is 11.5 Å². The third-order valence-corrected chi connectivity index (χ3v) is 1.19. The summed E-state index contributed by atoms with van der Waals surface area (Å²) in [6.07, 6.45) is 0. The molecule has 0 spiro atoms. The van der Waals surface area contributed by atoms with Gasteiger partial charge in [0, 0.05) is 21.1 Å². The molecule has 0 rings (SSSR count). The fourth-order valence-electron chi connectivity index (χ4n) is 0. The van der Waals surface area contributed by atoms with Crippen LogP contribution in [0, 0.1) is 0 Å². The van der Waals surface area contributed by atoms with Crippen molar-refractivity contribution in [2.45, 2.75) is 39.8 Å². The molecular weight excluding hydrogens is 567 g/mol. The van der Waals surface area contributed by atoms with Crippen molar-refractivity contribution in [3.63, 3.8) is 0 Å². The zero-order chi connectivity index (χ0) is 15.7. The van der Waals surface area contributed by atoms with E-state index in [0.29, 0.717) is 12.1 Å². The molecule has 0 radical (unpaired) electrons. The van der Waals surface area contributed by atoms with Gasteiger partial charge in [-0.05, 0) is 12.1 Å². The van der Waals surface area contributed by atoms with Crippen LogP contribution in [0.5, 0.6) is 0 Å². The normalized spacial score (nSPS) is 7.68. The summed E-state index contributed by atoms with van der Waals surface area (Å²) in [6, 6.07) is 0.667. The van der Waals surface area contributed by atoms with Gasteiger partial charge in [-0.1, -0.05) is 59.6 Å². The number of hydrogen-bond acceptors (Lipinski definition) is 4. The van der Waals surface area contributed by atoms with E-state index in [1.807, 2.05) is 27.7 Å². The Labute approximate surface area is 146 Å². The number of carboxylic acid groups (broad SMARTS) is 2. The van der Waals surface area contributed by atoms with Gasteiger partial charge in [-0.15, -0.1) is 0 Å². The minimum atomic E-state index is -0.829. The standard InChI is InChI=1S/2C3H9N.2C2H3BrO2.Pt/c2*1-3(2)4;2*3-1-2(4)5;/h2*3H,4H2,1-2H3;2*1H2,(H,4,5);. The molecule has 19 heavy (non-hydrogen) atoms. The van der Waals surface area contributed by atoms with Crippen LogP contribution in [0.15, 0.2) is 0 Å². The molecule has 9 heteroatoms. The Morgan fingerprint density at radius 2 is 0.947 bits per heavy atom. The fraction of sp³-hybridized carbons (Fsp3) is 0.800. The van der Waals surface area contributed by atoms with Crippen molar-refractivity contribution in [2.75, 3.05) is 10.7 Å². The molecule has 0 fully saturated rings. The maximum Gasteiger partial charge on any atom is 0.314 e. The number of halogens is 2. The Kier molecular flexibility index (Phi) is 45.0. The van der Waals surface area contributed by atoms with Gasteiger partial charge < -0.3 is 21.7 Å². The summed E-state index contributed by atoms with van der Waals surface area (Å²) in [7, 11) is 0. The smallest absolute Gasteiger partial charge is 0.314 e. The molecule has 6 N–H and O–H groups in total. The van der Waals surface area contributed by atoms with Crippen molar-refractivity contribution in [3.8, 4) is 0 Å². The number of aliphatic carboxylic acids is 2. The van der Waals surface area contributed by atoms with Crippen LogP contribution in [0.1, 0.15) is 27.7 Å². The number of hydrogen-bond donors (Lipinski definition) is 4. The monoisotopic (exact) mass is 589 g/mol. The average Bonchev–Trinajstić information content (AvgIpc) is 2.16. The third-order valence-electron chi connectivity index (χ3n) is 0.229. The summed E-state index contributed by atoms with van der Waals surface area (Å²) < 4.78 is 0. The topological polar surface area (TPSA) is 127 Å². The van der Waals surface area contributed by atoms with Gasteiger partial charge in [0.15, 0.2) is 0 Å². The van der Waals surface area contributed by atoms with E-state index in [1.165, 1.54) is 0 Å². The zero-order valence-electron chi connectivity index (χ0n) is 11.5. The van der Waals surface area contributed by atoms with E-state index < -0.39 is 11.9 Å². The van der Waals surface area contributed by atoms with Crippen LogP contribution in [0.3, 0.4) is 0 Å². The van der Waals surface area contributed by atoms with E-state index >= 15 is 0 Å². The summed E-state index contributed by atoms with van der Waals surface area (Å²) in [5.74, 6) is -1.66. The average molecular weight is 591 g/mol. The van der Waals surface area contributed by atoms with Crippen LogP contribution >= 0.6 is 31.9 Å². The van der Waals surface area contributed by atoms with Crippen molar-refractivity contribution in [2.24, 2.45) is 11.5 Å². The van der Waals surface area contributed by atoms with Crippen molar-refractivity contribution < 1.29 is 40.9 Å². The first-order chi connectivity index (χ1) is 8.00. The van der Waals surface area contributed by atoms with Crippen LogP contribution in [-0.4, -0.2) is 44.9 Å². The second-order valence-corrected chi connectivity index (χ2v) is 4.66. The van der Waals surface area contributed by atoms with Gasteiger partial charge in [-0.2, -0.15) is 0 Å². The molecule has 0 aliphatic carbocycles. The van der Waals surface area contributed by atoms with Crippen molar-refractivity contribution in [1.29, 1.82) is 0 Å². The van der Waals surface area contributed by atoms with Gasteiger partial charge in [0.2, 0.25) is 0 Å². The molecule has 0 bridgehead atoms. The molecule has 0 amide bonds. The quantitative estimate of drug-likeness (QED) is 0.362.